The lowest BCUT2D eigenvalue weighted by atomic mass is 10.2. The first-order valence-electron chi connectivity index (χ1n) is 4.19. The van der Waals surface area contributed by atoms with Crippen molar-refractivity contribution in [3.8, 4) is 11.5 Å². The SMILES string of the molecule is O=c1nc(-c2ccco2)cc(C(F)(F)F)[nH]1. The van der Waals surface area contributed by atoms with Crippen molar-refractivity contribution < 1.29 is 17.6 Å². The van der Waals surface area contributed by atoms with Gasteiger partial charge in [0.2, 0.25) is 0 Å². The molecule has 0 aliphatic rings. The maximum atomic E-state index is 12.4. The van der Waals surface area contributed by atoms with Gasteiger partial charge < -0.3 is 9.40 Å². The zero-order valence-electron chi connectivity index (χ0n) is 7.71. The number of H-pyrrole nitrogens is 1. The Bertz CT molecular complexity index is 543. The maximum Gasteiger partial charge on any atom is 0.431 e. The number of furan rings is 1. The number of hydrogen-bond acceptors (Lipinski definition) is 3. The van der Waals surface area contributed by atoms with Gasteiger partial charge in [0.05, 0.1) is 6.26 Å². The summed E-state index contributed by atoms with van der Waals surface area (Å²) in [4.78, 5) is 15.9. The van der Waals surface area contributed by atoms with E-state index in [1.807, 2.05) is 0 Å². The first-order chi connectivity index (χ1) is 7.47. The van der Waals surface area contributed by atoms with E-state index >= 15 is 0 Å². The van der Waals surface area contributed by atoms with Gasteiger partial charge in [0.25, 0.3) is 0 Å². The van der Waals surface area contributed by atoms with Crippen LogP contribution in [0.1, 0.15) is 5.69 Å². The standard InChI is InChI=1S/C9H5F3N2O2/c10-9(11,12)7-4-5(13-8(15)14-7)6-2-1-3-16-6/h1-4H,(H,13,14,15). The van der Waals surface area contributed by atoms with Crippen LogP contribution < -0.4 is 5.69 Å². The van der Waals surface area contributed by atoms with E-state index < -0.39 is 17.6 Å². The van der Waals surface area contributed by atoms with Gasteiger partial charge in [-0.25, -0.2) is 4.79 Å². The van der Waals surface area contributed by atoms with Crippen LogP contribution in [0.5, 0.6) is 0 Å². The molecular formula is C9H5F3N2O2. The molecule has 2 aromatic heterocycles. The molecule has 0 atom stereocenters. The van der Waals surface area contributed by atoms with Crippen LogP contribution in [-0.2, 0) is 6.18 Å². The Morgan fingerprint density at radius 1 is 1.38 bits per heavy atom. The summed E-state index contributed by atoms with van der Waals surface area (Å²) >= 11 is 0. The van der Waals surface area contributed by atoms with Crippen molar-refractivity contribution in [2.24, 2.45) is 0 Å². The molecule has 0 aromatic carbocycles. The number of aromatic nitrogens is 2. The van der Waals surface area contributed by atoms with Crippen molar-refractivity contribution in [1.29, 1.82) is 0 Å². The van der Waals surface area contributed by atoms with Crippen LogP contribution in [0.4, 0.5) is 13.2 Å². The van der Waals surface area contributed by atoms with Crippen LogP contribution in [0.2, 0.25) is 0 Å². The molecule has 0 aliphatic heterocycles. The lowest BCUT2D eigenvalue weighted by molar-refractivity contribution is -0.141. The van der Waals surface area contributed by atoms with Crippen molar-refractivity contribution >= 4 is 0 Å². The van der Waals surface area contributed by atoms with Crippen molar-refractivity contribution in [3.63, 3.8) is 0 Å². The summed E-state index contributed by atoms with van der Waals surface area (Å²) in [5, 5.41) is 0. The Morgan fingerprint density at radius 2 is 2.12 bits per heavy atom. The Hall–Kier alpha value is -2.05. The first kappa shape index (κ1) is 10.5. The van der Waals surface area contributed by atoms with E-state index in [9.17, 15) is 18.0 Å². The molecule has 0 spiro atoms. The Morgan fingerprint density at radius 3 is 2.69 bits per heavy atom. The molecular weight excluding hydrogens is 225 g/mol. The number of aromatic amines is 1. The van der Waals surface area contributed by atoms with E-state index in [1.165, 1.54) is 18.4 Å². The molecule has 0 saturated carbocycles. The van der Waals surface area contributed by atoms with E-state index in [0.717, 1.165) is 6.07 Å². The highest BCUT2D eigenvalue weighted by atomic mass is 19.4. The Balaban J connectivity index is 2.57. The van der Waals surface area contributed by atoms with Gasteiger partial charge in [0.15, 0.2) is 5.76 Å². The van der Waals surface area contributed by atoms with Gasteiger partial charge in [-0.05, 0) is 18.2 Å². The van der Waals surface area contributed by atoms with Crippen LogP contribution in [-0.4, -0.2) is 9.97 Å². The minimum Gasteiger partial charge on any atom is -0.463 e. The zero-order chi connectivity index (χ0) is 11.8. The second-order valence-corrected chi connectivity index (χ2v) is 2.96. The average molecular weight is 230 g/mol. The number of halogens is 3. The first-order valence-corrected chi connectivity index (χ1v) is 4.19. The predicted molar refractivity (Wildman–Crippen MR) is 47.6 cm³/mol. The van der Waals surface area contributed by atoms with E-state index in [1.54, 1.807) is 4.98 Å². The van der Waals surface area contributed by atoms with Gasteiger partial charge in [-0.3, -0.25) is 0 Å². The molecule has 0 aliphatic carbocycles. The molecule has 2 aromatic rings. The summed E-state index contributed by atoms with van der Waals surface area (Å²) in [5.74, 6) is 0.108. The molecule has 2 rings (SSSR count). The minimum absolute atomic E-state index is 0.108. The van der Waals surface area contributed by atoms with Crippen LogP contribution in [0.3, 0.4) is 0 Å². The third kappa shape index (κ3) is 1.97. The summed E-state index contributed by atoms with van der Waals surface area (Å²) in [7, 11) is 0. The fourth-order valence-electron chi connectivity index (χ4n) is 1.16. The number of hydrogen-bond donors (Lipinski definition) is 1. The minimum atomic E-state index is -4.62. The van der Waals surface area contributed by atoms with Crippen LogP contribution in [0.15, 0.2) is 33.7 Å². The van der Waals surface area contributed by atoms with Crippen molar-refractivity contribution in [2.45, 2.75) is 6.18 Å². The second kappa shape index (κ2) is 3.51. The van der Waals surface area contributed by atoms with Gasteiger partial charge in [0, 0.05) is 0 Å². The van der Waals surface area contributed by atoms with Crippen molar-refractivity contribution in [2.75, 3.05) is 0 Å². The van der Waals surface area contributed by atoms with Gasteiger partial charge >= 0.3 is 11.9 Å². The molecule has 2 heterocycles. The van der Waals surface area contributed by atoms with Crippen LogP contribution >= 0.6 is 0 Å². The third-order valence-electron chi connectivity index (χ3n) is 1.82. The number of alkyl halides is 3. The maximum absolute atomic E-state index is 12.4. The fraction of sp³-hybridized carbons (Fsp3) is 0.111. The molecule has 7 heteroatoms. The lowest BCUT2D eigenvalue weighted by Gasteiger charge is -2.06. The van der Waals surface area contributed by atoms with Crippen LogP contribution in [0, 0.1) is 0 Å². The highest BCUT2D eigenvalue weighted by Gasteiger charge is 2.32. The topological polar surface area (TPSA) is 58.9 Å². The molecule has 0 fully saturated rings. The second-order valence-electron chi connectivity index (χ2n) is 2.96. The van der Waals surface area contributed by atoms with Gasteiger partial charge in [0.1, 0.15) is 11.4 Å². The summed E-state index contributed by atoms with van der Waals surface area (Å²) in [6, 6.07) is 3.63. The van der Waals surface area contributed by atoms with Gasteiger partial charge in [-0.2, -0.15) is 18.2 Å². The lowest BCUT2D eigenvalue weighted by Crippen LogP contribution is -2.19. The normalized spacial score (nSPS) is 11.7. The molecule has 16 heavy (non-hydrogen) atoms. The fourth-order valence-corrected chi connectivity index (χ4v) is 1.16. The number of rotatable bonds is 1. The van der Waals surface area contributed by atoms with Crippen LogP contribution in [0.25, 0.3) is 11.5 Å². The van der Waals surface area contributed by atoms with Crippen molar-refractivity contribution in [3.05, 3.63) is 40.6 Å². The molecule has 0 radical (unpaired) electrons. The monoisotopic (exact) mass is 230 g/mol. The smallest absolute Gasteiger partial charge is 0.431 e. The van der Waals surface area contributed by atoms with Gasteiger partial charge in [-0.15, -0.1) is 0 Å². The molecule has 84 valence electrons. The van der Waals surface area contributed by atoms with E-state index in [2.05, 4.69) is 4.98 Å². The predicted octanol–water partition coefficient (Wildman–Crippen LogP) is 2.05. The molecule has 0 saturated heterocycles. The quantitative estimate of drug-likeness (QED) is 0.815. The summed E-state index contributed by atoms with van der Waals surface area (Å²) in [6.07, 6.45) is -3.34. The average Bonchev–Trinajstić information content (AvgIpc) is 2.68. The molecule has 0 unspecified atom stereocenters. The highest BCUT2D eigenvalue weighted by Crippen LogP contribution is 2.28. The largest absolute Gasteiger partial charge is 0.463 e. The van der Waals surface area contributed by atoms with Crippen molar-refractivity contribution in [1.82, 2.24) is 9.97 Å². The van der Waals surface area contributed by atoms with E-state index in [-0.39, 0.29) is 11.5 Å². The van der Waals surface area contributed by atoms with E-state index in [4.69, 9.17) is 4.42 Å². The third-order valence-corrected chi connectivity index (χ3v) is 1.82. The highest BCUT2D eigenvalue weighted by molar-refractivity contribution is 5.51. The number of nitrogens with zero attached hydrogens (tertiary/aromatic N) is 1. The molecule has 4 nitrogen and oxygen atoms in total. The van der Waals surface area contributed by atoms with E-state index in [0.29, 0.717) is 0 Å². The molecule has 0 amide bonds. The summed E-state index contributed by atoms with van der Waals surface area (Å²) in [6.45, 7) is 0. The molecule has 0 bridgehead atoms. The number of nitrogens with one attached hydrogen (secondary N) is 1. The Kier molecular flexibility index (Phi) is 2.30. The molecule has 1 N–H and O–H groups in total. The van der Waals surface area contributed by atoms with Gasteiger partial charge in [-0.1, -0.05) is 0 Å². The summed E-state index contributed by atoms with van der Waals surface area (Å²) in [5.41, 5.74) is -2.37. The summed E-state index contributed by atoms with van der Waals surface area (Å²) < 4.78 is 41.9. The Labute approximate surface area is 86.7 Å². The zero-order valence-corrected chi connectivity index (χ0v) is 7.71.